The smallest absolute Gasteiger partial charge is 0.166 e. The summed E-state index contributed by atoms with van der Waals surface area (Å²) < 4.78 is 0. The van der Waals surface area contributed by atoms with Crippen LogP contribution < -0.4 is 10.6 Å². The maximum Gasteiger partial charge on any atom is 0.166 e. The lowest BCUT2D eigenvalue weighted by atomic mass is 9.91. The van der Waals surface area contributed by atoms with E-state index < -0.39 is 0 Å². The number of aromatic nitrogens is 1. The number of thiocarbonyl (C=S) groups is 1. The van der Waals surface area contributed by atoms with Crippen molar-refractivity contribution in [3.63, 3.8) is 0 Å². The van der Waals surface area contributed by atoms with Gasteiger partial charge in [0.25, 0.3) is 0 Å². The van der Waals surface area contributed by atoms with Gasteiger partial charge in [-0.2, -0.15) is 0 Å². The Hall–Kier alpha value is -2.04. The SMILES string of the molecule is CNC(=S)NC[C@H](c1ccccc1Cl)c1c[nH]c2ccccc12. The zero-order valence-corrected chi connectivity index (χ0v) is 14.3. The van der Waals surface area contributed by atoms with E-state index in [0.29, 0.717) is 11.7 Å². The molecule has 0 unspecified atom stereocenters. The molecule has 2 aromatic carbocycles. The quantitative estimate of drug-likeness (QED) is 0.626. The van der Waals surface area contributed by atoms with Gasteiger partial charge in [0.05, 0.1) is 0 Å². The van der Waals surface area contributed by atoms with Gasteiger partial charge >= 0.3 is 0 Å². The summed E-state index contributed by atoms with van der Waals surface area (Å²) in [4.78, 5) is 3.34. The van der Waals surface area contributed by atoms with Crippen LogP contribution in [0.3, 0.4) is 0 Å². The maximum atomic E-state index is 6.45. The van der Waals surface area contributed by atoms with Crippen molar-refractivity contribution >= 4 is 39.8 Å². The van der Waals surface area contributed by atoms with E-state index in [9.17, 15) is 0 Å². The Morgan fingerprint density at radius 2 is 1.87 bits per heavy atom. The zero-order chi connectivity index (χ0) is 16.2. The van der Waals surface area contributed by atoms with Gasteiger partial charge in [-0.1, -0.05) is 48.0 Å². The normalized spacial score (nSPS) is 12.1. The van der Waals surface area contributed by atoms with Crippen molar-refractivity contribution in [3.05, 3.63) is 70.9 Å². The molecule has 5 heteroatoms. The molecular formula is C18H18ClN3S. The molecule has 3 N–H and O–H groups in total. The first kappa shape index (κ1) is 15.8. The molecule has 118 valence electrons. The Bertz CT molecular complexity index is 828. The Morgan fingerprint density at radius 3 is 2.65 bits per heavy atom. The lowest BCUT2D eigenvalue weighted by molar-refractivity contribution is 0.755. The lowest BCUT2D eigenvalue weighted by Crippen LogP contribution is -2.35. The summed E-state index contributed by atoms with van der Waals surface area (Å²) in [7, 11) is 1.81. The number of H-pyrrole nitrogens is 1. The van der Waals surface area contributed by atoms with Gasteiger partial charge in [0.1, 0.15) is 0 Å². The van der Waals surface area contributed by atoms with Gasteiger partial charge in [-0.15, -0.1) is 0 Å². The molecule has 23 heavy (non-hydrogen) atoms. The average Bonchev–Trinajstić information content (AvgIpc) is 3.00. The van der Waals surface area contributed by atoms with E-state index in [0.717, 1.165) is 16.1 Å². The molecule has 1 heterocycles. The standard InChI is InChI=1S/C18H18ClN3S/c1-20-18(23)22-11-14(12-6-2-4-8-16(12)19)15-10-21-17-9-5-3-7-13(15)17/h2-10,14,21H,11H2,1H3,(H2,20,22,23)/t14-/m1/s1. The minimum absolute atomic E-state index is 0.103. The summed E-state index contributed by atoms with van der Waals surface area (Å²) >= 11 is 11.7. The molecule has 1 atom stereocenters. The number of aromatic amines is 1. The number of nitrogens with one attached hydrogen (secondary N) is 3. The van der Waals surface area contributed by atoms with Crippen molar-refractivity contribution < 1.29 is 0 Å². The van der Waals surface area contributed by atoms with Crippen LogP contribution in [0.25, 0.3) is 10.9 Å². The first-order chi connectivity index (χ1) is 11.2. The highest BCUT2D eigenvalue weighted by atomic mass is 35.5. The third-order valence-corrected chi connectivity index (χ3v) is 4.66. The summed E-state index contributed by atoms with van der Waals surface area (Å²) in [6.45, 7) is 0.672. The molecule has 0 aliphatic heterocycles. The molecule has 3 nitrogen and oxygen atoms in total. The van der Waals surface area contributed by atoms with Gasteiger partial charge in [-0.05, 0) is 35.5 Å². The van der Waals surface area contributed by atoms with Crippen molar-refractivity contribution in [1.82, 2.24) is 15.6 Å². The van der Waals surface area contributed by atoms with Crippen LogP contribution in [0.4, 0.5) is 0 Å². The minimum Gasteiger partial charge on any atom is -0.366 e. The summed E-state index contributed by atoms with van der Waals surface area (Å²) in [6.07, 6.45) is 2.06. The molecule has 0 aliphatic carbocycles. The number of benzene rings is 2. The molecule has 0 saturated heterocycles. The van der Waals surface area contributed by atoms with E-state index in [1.165, 1.54) is 10.9 Å². The van der Waals surface area contributed by atoms with Crippen LogP contribution in [0, 0.1) is 0 Å². The summed E-state index contributed by atoms with van der Waals surface area (Å²) in [5.41, 5.74) is 3.42. The highest BCUT2D eigenvalue weighted by Gasteiger charge is 2.20. The van der Waals surface area contributed by atoms with Crippen molar-refractivity contribution in [1.29, 1.82) is 0 Å². The van der Waals surface area contributed by atoms with Gasteiger partial charge in [0, 0.05) is 41.6 Å². The highest BCUT2D eigenvalue weighted by Crippen LogP contribution is 2.33. The van der Waals surface area contributed by atoms with E-state index in [1.54, 1.807) is 0 Å². The first-order valence-electron chi connectivity index (χ1n) is 7.46. The Balaban J connectivity index is 2.04. The fourth-order valence-electron chi connectivity index (χ4n) is 2.81. The number of hydrogen-bond donors (Lipinski definition) is 3. The highest BCUT2D eigenvalue weighted by molar-refractivity contribution is 7.80. The predicted octanol–water partition coefficient (Wildman–Crippen LogP) is 4.05. The molecule has 0 amide bonds. The van der Waals surface area contributed by atoms with Gasteiger partial charge in [0.15, 0.2) is 5.11 Å². The molecule has 1 aromatic heterocycles. The molecule has 0 fully saturated rings. The van der Waals surface area contributed by atoms with Crippen molar-refractivity contribution in [2.75, 3.05) is 13.6 Å². The molecule has 3 aromatic rings. The molecule has 0 saturated carbocycles. The Labute approximate surface area is 146 Å². The fraction of sp³-hybridized carbons (Fsp3) is 0.167. The van der Waals surface area contributed by atoms with Gasteiger partial charge in [-0.3, -0.25) is 0 Å². The van der Waals surface area contributed by atoms with E-state index in [1.807, 2.05) is 31.3 Å². The monoisotopic (exact) mass is 343 g/mol. The van der Waals surface area contributed by atoms with Crippen LogP contribution in [-0.4, -0.2) is 23.7 Å². The van der Waals surface area contributed by atoms with Crippen LogP contribution in [0.1, 0.15) is 17.0 Å². The molecule has 0 bridgehead atoms. The summed E-state index contributed by atoms with van der Waals surface area (Å²) in [5, 5.41) is 8.80. The topological polar surface area (TPSA) is 39.8 Å². The predicted molar refractivity (Wildman–Crippen MR) is 101 cm³/mol. The van der Waals surface area contributed by atoms with Crippen molar-refractivity contribution in [3.8, 4) is 0 Å². The van der Waals surface area contributed by atoms with E-state index >= 15 is 0 Å². The summed E-state index contributed by atoms with van der Waals surface area (Å²) in [5.74, 6) is 0.103. The van der Waals surface area contributed by atoms with Crippen LogP contribution in [0.2, 0.25) is 5.02 Å². The van der Waals surface area contributed by atoms with Crippen LogP contribution in [0.15, 0.2) is 54.7 Å². The minimum atomic E-state index is 0.103. The number of rotatable bonds is 4. The largest absolute Gasteiger partial charge is 0.366 e. The maximum absolute atomic E-state index is 6.45. The second kappa shape index (κ2) is 7.02. The third-order valence-electron chi connectivity index (χ3n) is 3.97. The van der Waals surface area contributed by atoms with E-state index in [-0.39, 0.29) is 5.92 Å². The molecule has 3 rings (SSSR count). The van der Waals surface area contributed by atoms with Gasteiger partial charge in [-0.25, -0.2) is 0 Å². The average molecular weight is 344 g/mol. The van der Waals surface area contributed by atoms with Gasteiger partial charge in [0.2, 0.25) is 0 Å². The first-order valence-corrected chi connectivity index (χ1v) is 8.25. The number of fused-ring (bicyclic) bond motifs is 1. The fourth-order valence-corrected chi connectivity index (χ4v) is 3.16. The zero-order valence-electron chi connectivity index (χ0n) is 12.8. The van der Waals surface area contributed by atoms with Crippen LogP contribution in [0.5, 0.6) is 0 Å². The second-order valence-corrected chi connectivity index (χ2v) is 6.14. The summed E-state index contributed by atoms with van der Waals surface area (Å²) in [6, 6.07) is 16.2. The number of para-hydroxylation sites is 1. The second-order valence-electron chi connectivity index (χ2n) is 5.32. The van der Waals surface area contributed by atoms with E-state index in [2.05, 4.69) is 46.1 Å². The molecule has 0 spiro atoms. The van der Waals surface area contributed by atoms with Crippen LogP contribution in [-0.2, 0) is 0 Å². The number of hydrogen-bond acceptors (Lipinski definition) is 1. The third kappa shape index (κ3) is 3.33. The van der Waals surface area contributed by atoms with Crippen molar-refractivity contribution in [2.24, 2.45) is 0 Å². The van der Waals surface area contributed by atoms with Gasteiger partial charge < -0.3 is 15.6 Å². The lowest BCUT2D eigenvalue weighted by Gasteiger charge is -2.20. The van der Waals surface area contributed by atoms with E-state index in [4.69, 9.17) is 23.8 Å². The Morgan fingerprint density at radius 1 is 1.13 bits per heavy atom. The van der Waals surface area contributed by atoms with Crippen molar-refractivity contribution in [2.45, 2.75) is 5.92 Å². The Kier molecular flexibility index (Phi) is 4.84. The molecule has 0 radical (unpaired) electrons. The van der Waals surface area contributed by atoms with Crippen LogP contribution >= 0.6 is 23.8 Å². The molecule has 0 aliphatic rings. The number of halogens is 1. The molecular weight excluding hydrogens is 326 g/mol.